The van der Waals surface area contributed by atoms with Crippen LogP contribution >= 0.6 is 0 Å². The molecule has 0 saturated carbocycles. The number of hydrogen-bond acceptors (Lipinski definition) is 2. The van der Waals surface area contributed by atoms with E-state index in [4.69, 9.17) is 5.73 Å². The van der Waals surface area contributed by atoms with Crippen LogP contribution in [0.1, 0.15) is 22.6 Å². The van der Waals surface area contributed by atoms with Crippen molar-refractivity contribution in [2.45, 2.75) is 19.1 Å². The third kappa shape index (κ3) is 2.69. The van der Waals surface area contributed by atoms with Gasteiger partial charge in [0, 0.05) is 18.7 Å². The first-order valence-corrected chi connectivity index (χ1v) is 6.79. The number of fused-ring (bicyclic) bond motifs is 1. The van der Waals surface area contributed by atoms with E-state index in [-0.39, 0.29) is 0 Å². The molecule has 3 aromatic rings. The number of rotatable bonds is 3. The van der Waals surface area contributed by atoms with Crippen LogP contribution in [0.4, 0.5) is 13.2 Å². The molecule has 0 amide bonds. The highest BCUT2D eigenvalue weighted by Gasteiger charge is 2.30. The van der Waals surface area contributed by atoms with Crippen LogP contribution in [-0.4, -0.2) is 9.38 Å². The van der Waals surface area contributed by atoms with Gasteiger partial charge in [-0.1, -0.05) is 24.3 Å². The van der Waals surface area contributed by atoms with Crippen LogP contribution in [0.2, 0.25) is 0 Å². The Morgan fingerprint density at radius 1 is 1.09 bits per heavy atom. The lowest BCUT2D eigenvalue weighted by Gasteiger charge is -2.10. The van der Waals surface area contributed by atoms with Gasteiger partial charge in [-0.05, 0) is 23.8 Å². The van der Waals surface area contributed by atoms with E-state index in [1.54, 1.807) is 12.3 Å². The molecule has 0 fully saturated rings. The number of aromatic nitrogens is 2. The van der Waals surface area contributed by atoms with Crippen molar-refractivity contribution in [2.24, 2.45) is 5.73 Å². The number of halogens is 3. The fraction of sp³-hybridized carbons (Fsp3) is 0.188. The first-order valence-electron chi connectivity index (χ1n) is 6.79. The summed E-state index contributed by atoms with van der Waals surface area (Å²) in [5.74, 6) is 0.676. The first kappa shape index (κ1) is 14.6. The summed E-state index contributed by atoms with van der Waals surface area (Å²) in [6.45, 7) is 0.337. The quantitative estimate of drug-likeness (QED) is 0.806. The van der Waals surface area contributed by atoms with Gasteiger partial charge < -0.3 is 5.73 Å². The molecule has 2 aromatic heterocycles. The van der Waals surface area contributed by atoms with Gasteiger partial charge >= 0.3 is 6.18 Å². The molecule has 3 rings (SSSR count). The number of alkyl halides is 3. The number of benzene rings is 1. The fourth-order valence-electron chi connectivity index (χ4n) is 2.51. The average Bonchev–Trinajstić information content (AvgIpc) is 2.90. The predicted octanol–water partition coefficient (Wildman–Crippen LogP) is 3.40. The van der Waals surface area contributed by atoms with Gasteiger partial charge in [0.25, 0.3) is 0 Å². The topological polar surface area (TPSA) is 43.3 Å². The molecule has 2 heterocycles. The average molecular weight is 305 g/mol. The van der Waals surface area contributed by atoms with E-state index < -0.39 is 11.7 Å². The smallest absolute Gasteiger partial charge is 0.325 e. The molecule has 114 valence electrons. The Balaban J connectivity index is 2.01. The van der Waals surface area contributed by atoms with Crippen LogP contribution in [0.15, 0.2) is 48.7 Å². The largest absolute Gasteiger partial charge is 0.416 e. The van der Waals surface area contributed by atoms with Gasteiger partial charge in [-0.3, -0.25) is 4.40 Å². The van der Waals surface area contributed by atoms with E-state index in [0.29, 0.717) is 24.4 Å². The van der Waals surface area contributed by atoms with Crippen LogP contribution in [0.3, 0.4) is 0 Å². The Labute approximate surface area is 125 Å². The Bertz CT molecular complexity index is 806. The molecule has 0 spiro atoms. The summed E-state index contributed by atoms with van der Waals surface area (Å²) in [6.07, 6.45) is -2.33. The normalized spacial score (nSPS) is 12.0. The number of nitrogens with two attached hydrogens (primary N) is 1. The zero-order chi connectivity index (χ0) is 15.7. The Morgan fingerprint density at radius 3 is 2.59 bits per heavy atom. The van der Waals surface area contributed by atoms with Gasteiger partial charge in [0.2, 0.25) is 0 Å². The van der Waals surface area contributed by atoms with Crippen molar-refractivity contribution < 1.29 is 13.2 Å². The van der Waals surface area contributed by atoms with E-state index in [0.717, 1.165) is 23.3 Å². The van der Waals surface area contributed by atoms with E-state index in [2.05, 4.69) is 4.98 Å². The van der Waals surface area contributed by atoms with Gasteiger partial charge in [0.1, 0.15) is 5.82 Å². The number of pyridine rings is 1. The summed E-state index contributed by atoms with van der Waals surface area (Å²) in [7, 11) is 0. The molecule has 0 radical (unpaired) electrons. The molecule has 0 aliphatic rings. The van der Waals surface area contributed by atoms with Crippen LogP contribution in [-0.2, 0) is 19.1 Å². The molecular weight excluding hydrogens is 291 g/mol. The standard InChI is InChI=1S/C16H14F3N3/c17-16(18,19)12-4-1-3-11(7-12)8-15-21-10-14-6-2-5-13(9-20)22(14)15/h1-7,10H,8-9,20H2. The van der Waals surface area contributed by atoms with E-state index in [9.17, 15) is 13.2 Å². The minimum Gasteiger partial charge on any atom is -0.325 e. The van der Waals surface area contributed by atoms with Gasteiger partial charge in [0.15, 0.2) is 0 Å². The minimum atomic E-state index is -4.34. The van der Waals surface area contributed by atoms with Crippen LogP contribution in [0.25, 0.3) is 5.52 Å². The number of hydrogen-bond donors (Lipinski definition) is 1. The SMILES string of the molecule is NCc1cccc2cnc(Cc3cccc(C(F)(F)F)c3)n12. The van der Waals surface area contributed by atoms with Crippen molar-refractivity contribution in [1.82, 2.24) is 9.38 Å². The van der Waals surface area contributed by atoms with Gasteiger partial charge in [0.05, 0.1) is 17.3 Å². The molecule has 0 unspecified atom stereocenters. The maximum Gasteiger partial charge on any atom is 0.416 e. The molecule has 2 N–H and O–H groups in total. The van der Waals surface area contributed by atoms with Crippen molar-refractivity contribution in [3.8, 4) is 0 Å². The Kier molecular flexibility index (Phi) is 3.62. The van der Waals surface area contributed by atoms with E-state index in [1.807, 2.05) is 22.6 Å². The lowest BCUT2D eigenvalue weighted by molar-refractivity contribution is -0.137. The van der Waals surface area contributed by atoms with Crippen molar-refractivity contribution in [3.05, 3.63) is 71.3 Å². The highest BCUT2D eigenvalue weighted by molar-refractivity contribution is 5.48. The van der Waals surface area contributed by atoms with Crippen molar-refractivity contribution in [2.75, 3.05) is 0 Å². The molecule has 0 aliphatic carbocycles. The lowest BCUT2D eigenvalue weighted by atomic mass is 10.1. The van der Waals surface area contributed by atoms with Crippen LogP contribution < -0.4 is 5.73 Å². The summed E-state index contributed by atoms with van der Waals surface area (Å²) >= 11 is 0. The van der Waals surface area contributed by atoms with Crippen molar-refractivity contribution >= 4 is 5.52 Å². The summed E-state index contributed by atoms with van der Waals surface area (Å²) in [5.41, 5.74) is 7.39. The minimum absolute atomic E-state index is 0.315. The first-order chi connectivity index (χ1) is 10.5. The van der Waals surface area contributed by atoms with Gasteiger partial charge in [-0.15, -0.1) is 0 Å². The fourth-order valence-corrected chi connectivity index (χ4v) is 2.51. The second-order valence-corrected chi connectivity index (χ2v) is 5.03. The predicted molar refractivity (Wildman–Crippen MR) is 77.3 cm³/mol. The summed E-state index contributed by atoms with van der Waals surface area (Å²) < 4.78 is 40.2. The number of nitrogens with zero attached hydrogens (tertiary/aromatic N) is 2. The van der Waals surface area contributed by atoms with Crippen molar-refractivity contribution in [1.29, 1.82) is 0 Å². The molecule has 0 bridgehead atoms. The molecule has 0 atom stereocenters. The maximum absolute atomic E-state index is 12.8. The summed E-state index contributed by atoms with van der Waals surface area (Å²) in [5, 5.41) is 0. The third-order valence-electron chi connectivity index (χ3n) is 3.53. The lowest BCUT2D eigenvalue weighted by Crippen LogP contribution is -2.08. The molecule has 1 aromatic carbocycles. The highest BCUT2D eigenvalue weighted by atomic mass is 19.4. The van der Waals surface area contributed by atoms with Crippen LogP contribution in [0, 0.1) is 0 Å². The zero-order valence-electron chi connectivity index (χ0n) is 11.6. The second kappa shape index (κ2) is 5.46. The summed E-state index contributed by atoms with van der Waals surface area (Å²) in [6, 6.07) is 11.0. The zero-order valence-corrected chi connectivity index (χ0v) is 11.6. The maximum atomic E-state index is 12.8. The highest BCUT2D eigenvalue weighted by Crippen LogP contribution is 2.30. The van der Waals surface area contributed by atoms with Gasteiger partial charge in [-0.25, -0.2) is 4.98 Å². The summed E-state index contributed by atoms with van der Waals surface area (Å²) in [4.78, 5) is 4.32. The second-order valence-electron chi connectivity index (χ2n) is 5.03. The Hall–Kier alpha value is -2.34. The Morgan fingerprint density at radius 2 is 1.86 bits per heavy atom. The van der Waals surface area contributed by atoms with Gasteiger partial charge in [-0.2, -0.15) is 13.2 Å². The van der Waals surface area contributed by atoms with Crippen LogP contribution in [0.5, 0.6) is 0 Å². The molecule has 6 heteroatoms. The third-order valence-corrected chi connectivity index (χ3v) is 3.53. The number of imidazole rings is 1. The molecule has 0 saturated heterocycles. The monoisotopic (exact) mass is 305 g/mol. The van der Waals surface area contributed by atoms with Crippen molar-refractivity contribution in [3.63, 3.8) is 0 Å². The molecule has 3 nitrogen and oxygen atoms in total. The molecule has 22 heavy (non-hydrogen) atoms. The molecular formula is C16H14F3N3. The van der Waals surface area contributed by atoms with E-state index in [1.165, 1.54) is 6.07 Å². The molecule has 0 aliphatic heterocycles. The van der Waals surface area contributed by atoms with E-state index >= 15 is 0 Å².